The first-order chi connectivity index (χ1) is 9.52. The van der Waals surface area contributed by atoms with Crippen molar-refractivity contribution in [3.63, 3.8) is 0 Å². The van der Waals surface area contributed by atoms with Gasteiger partial charge in [0.25, 0.3) is 5.91 Å². The number of piperidine rings is 1. The Bertz CT molecular complexity index is 513. The van der Waals surface area contributed by atoms with E-state index < -0.39 is 0 Å². The fourth-order valence-electron chi connectivity index (χ4n) is 2.64. The van der Waals surface area contributed by atoms with Gasteiger partial charge in [-0.15, -0.1) is 0 Å². The lowest BCUT2D eigenvalue weighted by molar-refractivity contribution is -0.123. The Morgan fingerprint density at radius 2 is 2.25 bits per heavy atom. The van der Waals surface area contributed by atoms with Crippen LogP contribution in [0.25, 0.3) is 0 Å². The molecule has 2 amide bonds. The first-order valence-electron chi connectivity index (χ1n) is 6.97. The first-order valence-corrected chi connectivity index (χ1v) is 7.76. The second-order valence-corrected chi connectivity index (χ2v) is 6.15. The standard InChI is InChI=1S/C14H20BrN3O2/c1-2-5-17-9-11(15)7-12(17)14(20)18-6-3-4-10(8-18)13(16)19/h7,9-10H,2-6,8H2,1H3,(H2,16,19). The molecule has 2 heterocycles. The SMILES string of the molecule is CCCn1cc(Br)cc1C(=O)N1CCCC(C(N)=O)C1. The highest BCUT2D eigenvalue weighted by atomic mass is 79.9. The largest absolute Gasteiger partial charge is 0.369 e. The number of rotatable bonds is 4. The number of aromatic nitrogens is 1. The van der Waals surface area contributed by atoms with Crippen LogP contribution in [0.3, 0.4) is 0 Å². The number of carbonyl (C=O) groups is 2. The van der Waals surface area contributed by atoms with Gasteiger partial charge in [-0.1, -0.05) is 6.92 Å². The Morgan fingerprint density at radius 1 is 1.50 bits per heavy atom. The summed E-state index contributed by atoms with van der Waals surface area (Å²) < 4.78 is 2.86. The zero-order chi connectivity index (χ0) is 14.7. The highest BCUT2D eigenvalue weighted by Crippen LogP contribution is 2.21. The molecular weight excluding hydrogens is 322 g/mol. The van der Waals surface area contributed by atoms with Crippen LogP contribution >= 0.6 is 15.9 Å². The van der Waals surface area contributed by atoms with Crippen LogP contribution < -0.4 is 5.73 Å². The summed E-state index contributed by atoms with van der Waals surface area (Å²) in [6.07, 6.45) is 4.49. The van der Waals surface area contributed by atoms with E-state index >= 15 is 0 Å². The fourth-order valence-corrected chi connectivity index (χ4v) is 3.10. The smallest absolute Gasteiger partial charge is 0.270 e. The van der Waals surface area contributed by atoms with Crippen LogP contribution in [0.5, 0.6) is 0 Å². The Labute approximate surface area is 127 Å². The van der Waals surface area contributed by atoms with Gasteiger partial charge in [0.2, 0.25) is 5.91 Å². The minimum Gasteiger partial charge on any atom is -0.369 e. The highest BCUT2D eigenvalue weighted by molar-refractivity contribution is 9.10. The number of hydrogen-bond donors (Lipinski definition) is 1. The van der Waals surface area contributed by atoms with Crippen LogP contribution in [-0.2, 0) is 11.3 Å². The molecule has 1 aromatic rings. The zero-order valence-corrected chi connectivity index (χ0v) is 13.2. The van der Waals surface area contributed by atoms with Gasteiger partial charge < -0.3 is 15.2 Å². The van der Waals surface area contributed by atoms with Crippen molar-refractivity contribution in [2.24, 2.45) is 11.7 Å². The van der Waals surface area contributed by atoms with E-state index in [2.05, 4.69) is 22.9 Å². The van der Waals surface area contributed by atoms with Crippen LogP contribution in [0.4, 0.5) is 0 Å². The quantitative estimate of drug-likeness (QED) is 0.909. The van der Waals surface area contributed by atoms with Gasteiger partial charge >= 0.3 is 0 Å². The molecule has 110 valence electrons. The van der Waals surface area contributed by atoms with Gasteiger partial charge in [-0.05, 0) is 41.3 Å². The van der Waals surface area contributed by atoms with E-state index in [1.807, 2.05) is 16.8 Å². The van der Waals surface area contributed by atoms with Gasteiger partial charge in [0.1, 0.15) is 5.69 Å². The van der Waals surface area contributed by atoms with Crippen molar-refractivity contribution in [2.45, 2.75) is 32.7 Å². The van der Waals surface area contributed by atoms with Crippen LogP contribution in [0.1, 0.15) is 36.7 Å². The van der Waals surface area contributed by atoms with E-state index in [0.717, 1.165) is 30.3 Å². The lowest BCUT2D eigenvalue weighted by atomic mass is 9.97. The number of likely N-dealkylation sites (tertiary alicyclic amines) is 1. The maximum absolute atomic E-state index is 12.6. The predicted molar refractivity (Wildman–Crippen MR) is 80.2 cm³/mol. The Hall–Kier alpha value is -1.30. The Kier molecular flexibility index (Phi) is 4.86. The van der Waals surface area contributed by atoms with Crippen LogP contribution in [0.2, 0.25) is 0 Å². The fraction of sp³-hybridized carbons (Fsp3) is 0.571. The molecule has 2 rings (SSSR count). The van der Waals surface area contributed by atoms with Gasteiger partial charge in [-0.25, -0.2) is 0 Å². The monoisotopic (exact) mass is 341 g/mol. The van der Waals surface area contributed by atoms with Crippen molar-refractivity contribution >= 4 is 27.7 Å². The first kappa shape index (κ1) is 15.1. The molecule has 5 nitrogen and oxygen atoms in total. The lowest BCUT2D eigenvalue weighted by Crippen LogP contribution is -2.44. The highest BCUT2D eigenvalue weighted by Gasteiger charge is 2.28. The van der Waals surface area contributed by atoms with E-state index in [1.165, 1.54) is 0 Å². The van der Waals surface area contributed by atoms with E-state index in [0.29, 0.717) is 18.8 Å². The van der Waals surface area contributed by atoms with Gasteiger partial charge in [-0.2, -0.15) is 0 Å². The van der Waals surface area contributed by atoms with E-state index in [4.69, 9.17) is 5.73 Å². The molecule has 20 heavy (non-hydrogen) atoms. The minimum atomic E-state index is -0.312. The lowest BCUT2D eigenvalue weighted by Gasteiger charge is -2.31. The Balaban J connectivity index is 2.16. The third-order valence-electron chi connectivity index (χ3n) is 3.66. The average molecular weight is 342 g/mol. The second-order valence-electron chi connectivity index (χ2n) is 5.23. The molecule has 6 heteroatoms. The molecule has 1 fully saturated rings. The third kappa shape index (κ3) is 3.23. The normalized spacial score (nSPS) is 19.1. The number of amides is 2. The topological polar surface area (TPSA) is 68.3 Å². The molecule has 1 saturated heterocycles. The van der Waals surface area contributed by atoms with Crippen molar-refractivity contribution in [2.75, 3.05) is 13.1 Å². The Morgan fingerprint density at radius 3 is 2.90 bits per heavy atom. The molecule has 1 aliphatic rings. The molecule has 0 bridgehead atoms. The molecule has 0 spiro atoms. The summed E-state index contributed by atoms with van der Waals surface area (Å²) in [6.45, 7) is 4.01. The molecular formula is C14H20BrN3O2. The molecule has 2 N–H and O–H groups in total. The summed E-state index contributed by atoms with van der Waals surface area (Å²) in [4.78, 5) is 25.7. The summed E-state index contributed by atoms with van der Waals surface area (Å²) in [5.74, 6) is -0.548. The molecule has 1 unspecified atom stereocenters. The van der Waals surface area contributed by atoms with E-state index in [-0.39, 0.29) is 17.7 Å². The molecule has 0 radical (unpaired) electrons. The summed E-state index contributed by atoms with van der Waals surface area (Å²) >= 11 is 3.41. The maximum atomic E-state index is 12.6. The molecule has 1 aliphatic heterocycles. The second kappa shape index (κ2) is 6.43. The van der Waals surface area contributed by atoms with Crippen LogP contribution in [0, 0.1) is 5.92 Å². The number of hydrogen-bond acceptors (Lipinski definition) is 2. The minimum absolute atomic E-state index is 0.0184. The summed E-state index contributed by atoms with van der Waals surface area (Å²) in [5.41, 5.74) is 6.03. The van der Waals surface area contributed by atoms with Gasteiger partial charge in [0.05, 0.1) is 5.92 Å². The van der Waals surface area contributed by atoms with Gasteiger partial charge in [0, 0.05) is 30.3 Å². The molecule has 1 aromatic heterocycles. The number of aryl methyl sites for hydroxylation is 1. The third-order valence-corrected chi connectivity index (χ3v) is 4.09. The number of nitrogens with two attached hydrogens (primary N) is 1. The predicted octanol–water partition coefficient (Wildman–Crippen LogP) is 2.00. The number of nitrogens with zero attached hydrogens (tertiary/aromatic N) is 2. The molecule has 0 aromatic carbocycles. The average Bonchev–Trinajstić information content (AvgIpc) is 2.79. The number of halogens is 1. The van der Waals surface area contributed by atoms with Crippen LogP contribution in [0.15, 0.2) is 16.7 Å². The van der Waals surface area contributed by atoms with Crippen molar-refractivity contribution in [3.05, 3.63) is 22.4 Å². The molecule has 0 saturated carbocycles. The number of carbonyl (C=O) groups excluding carboxylic acids is 2. The maximum Gasteiger partial charge on any atom is 0.270 e. The van der Waals surface area contributed by atoms with Gasteiger partial charge in [0.15, 0.2) is 0 Å². The number of primary amides is 1. The molecule has 1 atom stereocenters. The summed E-state index contributed by atoms with van der Waals surface area (Å²) in [7, 11) is 0. The van der Waals surface area contributed by atoms with E-state index in [9.17, 15) is 9.59 Å². The molecule has 0 aliphatic carbocycles. The van der Waals surface area contributed by atoms with Gasteiger partial charge in [-0.3, -0.25) is 9.59 Å². The van der Waals surface area contributed by atoms with Crippen molar-refractivity contribution in [3.8, 4) is 0 Å². The summed E-state index contributed by atoms with van der Waals surface area (Å²) in [6, 6.07) is 1.84. The van der Waals surface area contributed by atoms with Crippen molar-refractivity contribution in [1.82, 2.24) is 9.47 Å². The zero-order valence-electron chi connectivity index (χ0n) is 11.6. The summed E-state index contributed by atoms with van der Waals surface area (Å²) in [5, 5.41) is 0. The van der Waals surface area contributed by atoms with E-state index in [1.54, 1.807) is 4.90 Å². The van der Waals surface area contributed by atoms with Crippen molar-refractivity contribution < 1.29 is 9.59 Å². The van der Waals surface area contributed by atoms with Crippen LogP contribution in [-0.4, -0.2) is 34.4 Å². The van der Waals surface area contributed by atoms with Crippen molar-refractivity contribution in [1.29, 1.82) is 0 Å².